The summed E-state index contributed by atoms with van der Waals surface area (Å²) in [5.41, 5.74) is 2.46. The van der Waals surface area contributed by atoms with Crippen molar-refractivity contribution in [2.75, 3.05) is 26.2 Å². The quantitative estimate of drug-likeness (QED) is 0.741. The summed E-state index contributed by atoms with van der Waals surface area (Å²) in [6, 6.07) is 10.4. The van der Waals surface area contributed by atoms with Gasteiger partial charge in [-0.3, -0.25) is 9.69 Å². The minimum absolute atomic E-state index is 0.0832. The van der Waals surface area contributed by atoms with E-state index in [9.17, 15) is 4.79 Å². The zero-order valence-electron chi connectivity index (χ0n) is 16.4. The second-order valence-corrected chi connectivity index (χ2v) is 8.48. The lowest BCUT2D eigenvalue weighted by Crippen LogP contribution is -2.38. The van der Waals surface area contributed by atoms with Gasteiger partial charge in [-0.1, -0.05) is 12.1 Å². The molecular weight excluding hydrogens is 356 g/mol. The van der Waals surface area contributed by atoms with Crippen molar-refractivity contribution in [1.29, 1.82) is 0 Å². The number of aryl methyl sites for hydroxylation is 2. The Labute approximate surface area is 166 Å². The molecule has 2 aromatic rings. The number of ether oxygens (including phenoxy) is 1. The molecule has 1 fully saturated rings. The molecule has 1 amide bonds. The SMILES string of the molecule is Cc1ccc(OCCC(=O)NCC2CCN(Cc3cccs3)CC2)cc1C. The first-order chi connectivity index (χ1) is 13.1. The fraction of sp³-hybridized carbons (Fsp3) is 0.500. The molecule has 0 bridgehead atoms. The van der Waals surface area contributed by atoms with Crippen molar-refractivity contribution >= 4 is 17.2 Å². The summed E-state index contributed by atoms with van der Waals surface area (Å²) in [4.78, 5) is 16.0. The van der Waals surface area contributed by atoms with E-state index in [1.54, 1.807) is 0 Å². The maximum atomic E-state index is 12.1. The summed E-state index contributed by atoms with van der Waals surface area (Å²) in [5, 5.41) is 5.22. The van der Waals surface area contributed by atoms with E-state index in [0.717, 1.165) is 44.8 Å². The topological polar surface area (TPSA) is 41.6 Å². The highest BCUT2D eigenvalue weighted by Gasteiger charge is 2.19. The Kier molecular flexibility index (Phi) is 7.30. The number of thiophene rings is 1. The fourth-order valence-electron chi connectivity index (χ4n) is 3.38. The van der Waals surface area contributed by atoms with Crippen molar-refractivity contribution in [2.24, 2.45) is 5.92 Å². The van der Waals surface area contributed by atoms with Crippen molar-refractivity contribution in [3.63, 3.8) is 0 Å². The molecule has 0 spiro atoms. The van der Waals surface area contributed by atoms with Gasteiger partial charge in [-0.25, -0.2) is 0 Å². The zero-order chi connectivity index (χ0) is 19.1. The van der Waals surface area contributed by atoms with Crippen molar-refractivity contribution < 1.29 is 9.53 Å². The molecule has 0 aliphatic carbocycles. The van der Waals surface area contributed by atoms with Gasteiger partial charge in [-0.2, -0.15) is 0 Å². The number of nitrogens with one attached hydrogen (secondary N) is 1. The largest absolute Gasteiger partial charge is 0.493 e. The molecule has 2 heterocycles. The van der Waals surface area contributed by atoms with E-state index in [-0.39, 0.29) is 5.91 Å². The number of carbonyl (C=O) groups is 1. The summed E-state index contributed by atoms with van der Waals surface area (Å²) in [6.07, 6.45) is 2.72. The van der Waals surface area contributed by atoms with Crippen LogP contribution in [-0.4, -0.2) is 37.0 Å². The standard InChI is InChI=1S/C22H30N2O2S/c1-17-5-6-20(14-18(17)2)26-12-9-22(25)23-15-19-7-10-24(11-8-19)16-21-4-3-13-27-21/h3-6,13-14,19H,7-12,15-16H2,1-2H3,(H,23,25). The van der Waals surface area contributed by atoms with Crippen LogP contribution in [0.15, 0.2) is 35.7 Å². The van der Waals surface area contributed by atoms with Gasteiger partial charge in [0.05, 0.1) is 13.0 Å². The highest BCUT2D eigenvalue weighted by Crippen LogP contribution is 2.20. The van der Waals surface area contributed by atoms with Gasteiger partial charge in [0.15, 0.2) is 0 Å². The third kappa shape index (κ3) is 6.36. The van der Waals surface area contributed by atoms with Crippen LogP contribution >= 0.6 is 11.3 Å². The smallest absolute Gasteiger partial charge is 0.223 e. The van der Waals surface area contributed by atoms with Crippen LogP contribution in [0.3, 0.4) is 0 Å². The molecule has 4 nitrogen and oxygen atoms in total. The Bertz CT molecular complexity index is 722. The summed E-state index contributed by atoms with van der Waals surface area (Å²) < 4.78 is 5.70. The first kappa shape index (κ1) is 19.9. The molecule has 1 aliphatic rings. The molecule has 5 heteroatoms. The highest BCUT2D eigenvalue weighted by molar-refractivity contribution is 7.09. The molecule has 1 saturated heterocycles. The zero-order valence-corrected chi connectivity index (χ0v) is 17.2. The predicted octanol–water partition coefficient (Wildman–Crippen LogP) is 4.16. The van der Waals surface area contributed by atoms with Gasteiger partial charge in [-0.05, 0) is 80.4 Å². The number of benzene rings is 1. The first-order valence-corrected chi connectivity index (χ1v) is 10.7. The number of amides is 1. The average molecular weight is 387 g/mol. The number of hydrogen-bond donors (Lipinski definition) is 1. The van der Waals surface area contributed by atoms with Crippen LogP contribution in [0.25, 0.3) is 0 Å². The molecule has 27 heavy (non-hydrogen) atoms. The molecule has 146 valence electrons. The normalized spacial score (nSPS) is 15.6. The minimum atomic E-state index is 0.0832. The van der Waals surface area contributed by atoms with Crippen molar-refractivity contribution in [3.8, 4) is 5.75 Å². The molecule has 0 atom stereocenters. The van der Waals surface area contributed by atoms with Crippen LogP contribution in [0.2, 0.25) is 0 Å². The molecule has 1 aliphatic heterocycles. The lowest BCUT2D eigenvalue weighted by molar-refractivity contribution is -0.121. The van der Waals surface area contributed by atoms with E-state index in [4.69, 9.17) is 4.74 Å². The lowest BCUT2D eigenvalue weighted by atomic mass is 9.96. The van der Waals surface area contributed by atoms with E-state index in [1.807, 2.05) is 23.5 Å². The van der Waals surface area contributed by atoms with Crippen LogP contribution < -0.4 is 10.1 Å². The number of rotatable bonds is 8. The van der Waals surface area contributed by atoms with Crippen LogP contribution in [0, 0.1) is 19.8 Å². The summed E-state index contributed by atoms with van der Waals surface area (Å²) in [6.45, 7) is 8.66. The highest BCUT2D eigenvalue weighted by atomic mass is 32.1. The van der Waals surface area contributed by atoms with Crippen molar-refractivity contribution in [3.05, 3.63) is 51.7 Å². The van der Waals surface area contributed by atoms with Crippen molar-refractivity contribution in [2.45, 2.75) is 39.7 Å². The third-order valence-electron chi connectivity index (χ3n) is 5.33. The molecular formula is C22H30N2O2S. The monoisotopic (exact) mass is 386 g/mol. The van der Waals surface area contributed by atoms with E-state index in [1.165, 1.54) is 16.0 Å². The Morgan fingerprint density at radius 3 is 2.74 bits per heavy atom. The second kappa shape index (κ2) is 9.90. The summed E-state index contributed by atoms with van der Waals surface area (Å²) in [5.74, 6) is 1.51. The fourth-order valence-corrected chi connectivity index (χ4v) is 4.13. The van der Waals surface area contributed by atoms with Crippen LogP contribution in [0.4, 0.5) is 0 Å². The predicted molar refractivity (Wildman–Crippen MR) is 111 cm³/mol. The number of hydrogen-bond acceptors (Lipinski definition) is 4. The van der Waals surface area contributed by atoms with Gasteiger partial charge in [-0.15, -0.1) is 11.3 Å². The molecule has 1 aromatic carbocycles. The average Bonchev–Trinajstić information content (AvgIpc) is 3.17. The Morgan fingerprint density at radius 2 is 2.04 bits per heavy atom. The van der Waals surface area contributed by atoms with Gasteiger partial charge in [0.2, 0.25) is 5.91 Å². The Hall–Kier alpha value is -1.85. The van der Waals surface area contributed by atoms with Gasteiger partial charge >= 0.3 is 0 Å². The third-order valence-corrected chi connectivity index (χ3v) is 6.19. The van der Waals surface area contributed by atoms with Gasteiger partial charge in [0.1, 0.15) is 5.75 Å². The summed E-state index contributed by atoms with van der Waals surface area (Å²) in [7, 11) is 0. The van der Waals surface area contributed by atoms with Gasteiger partial charge in [0.25, 0.3) is 0 Å². The molecule has 0 radical (unpaired) electrons. The molecule has 3 rings (SSSR count). The van der Waals surface area contributed by atoms with E-state index in [2.05, 4.69) is 47.6 Å². The number of likely N-dealkylation sites (tertiary alicyclic amines) is 1. The number of nitrogens with zero attached hydrogens (tertiary/aromatic N) is 1. The van der Waals surface area contributed by atoms with Crippen molar-refractivity contribution in [1.82, 2.24) is 10.2 Å². The maximum absolute atomic E-state index is 12.1. The van der Waals surface area contributed by atoms with Gasteiger partial charge in [0, 0.05) is 18.0 Å². The summed E-state index contributed by atoms with van der Waals surface area (Å²) >= 11 is 1.83. The van der Waals surface area contributed by atoms with Gasteiger partial charge < -0.3 is 10.1 Å². The minimum Gasteiger partial charge on any atom is -0.493 e. The molecule has 0 saturated carbocycles. The second-order valence-electron chi connectivity index (χ2n) is 7.45. The molecule has 0 unspecified atom stereocenters. The van der Waals surface area contributed by atoms with E-state index < -0.39 is 0 Å². The molecule has 1 aromatic heterocycles. The first-order valence-electron chi connectivity index (χ1n) is 9.81. The number of piperidine rings is 1. The van der Waals surface area contributed by atoms with Crippen LogP contribution in [0.1, 0.15) is 35.3 Å². The Balaban J connectivity index is 1.28. The lowest BCUT2D eigenvalue weighted by Gasteiger charge is -2.31. The Morgan fingerprint density at radius 1 is 1.22 bits per heavy atom. The van der Waals surface area contributed by atoms with Crippen LogP contribution in [0.5, 0.6) is 5.75 Å². The van der Waals surface area contributed by atoms with Crippen LogP contribution in [-0.2, 0) is 11.3 Å². The van der Waals surface area contributed by atoms with E-state index in [0.29, 0.717) is 18.9 Å². The maximum Gasteiger partial charge on any atom is 0.223 e. The number of carbonyl (C=O) groups excluding carboxylic acids is 1. The molecule has 1 N–H and O–H groups in total. The van der Waals surface area contributed by atoms with E-state index >= 15 is 0 Å².